The van der Waals surface area contributed by atoms with Crippen LogP contribution in [0.3, 0.4) is 0 Å². The summed E-state index contributed by atoms with van der Waals surface area (Å²) < 4.78 is 0. The molecule has 0 spiro atoms. The molecule has 3 heteroatoms. The number of benzene rings is 1. The van der Waals surface area contributed by atoms with Crippen LogP contribution in [0.2, 0.25) is 0 Å². The minimum atomic E-state index is 0.105. The van der Waals surface area contributed by atoms with Crippen LogP contribution >= 0.6 is 0 Å². The SMILES string of the molecule is NCCCCNc1ccc(CO)cc1. The molecule has 0 heterocycles. The second-order valence-corrected chi connectivity index (χ2v) is 3.28. The Morgan fingerprint density at radius 1 is 1.14 bits per heavy atom. The number of anilines is 1. The molecule has 0 bridgehead atoms. The van der Waals surface area contributed by atoms with Gasteiger partial charge in [0, 0.05) is 12.2 Å². The van der Waals surface area contributed by atoms with Crippen molar-refractivity contribution in [3.8, 4) is 0 Å². The predicted octanol–water partition coefficient (Wildman–Crippen LogP) is 1.33. The maximum absolute atomic E-state index is 8.84. The van der Waals surface area contributed by atoms with E-state index in [0.29, 0.717) is 0 Å². The number of nitrogens with two attached hydrogens (primary N) is 1. The molecule has 0 aliphatic carbocycles. The van der Waals surface area contributed by atoms with Gasteiger partial charge < -0.3 is 16.2 Å². The molecular formula is C11H18N2O. The zero-order valence-electron chi connectivity index (χ0n) is 8.37. The van der Waals surface area contributed by atoms with Crippen LogP contribution in [0.1, 0.15) is 18.4 Å². The molecule has 4 N–H and O–H groups in total. The largest absolute Gasteiger partial charge is 0.392 e. The highest BCUT2D eigenvalue weighted by atomic mass is 16.3. The van der Waals surface area contributed by atoms with Gasteiger partial charge in [-0.2, -0.15) is 0 Å². The summed E-state index contributed by atoms with van der Waals surface area (Å²) in [5.74, 6) is 0. The average molecular weight is 194 g/mol. The first-order valence-corrected chi connectivity index (χ1v) is 5.00. The lowest BCUT2D eigenvalue weighted by molar-refractivity contribution is 0.282. The lowest BCUT2D eigenvalue weighted by Gasteiger charge is -2.06. The van der Waals surface area contributed by atoms with Crippen molar-refractivity contribution in [2.75, 3.05) is 18.4 Å². The van der Waals surface area contributed by atoms with E-state index in [1.165, 1.54) is 0 Å². The van der Waals surface area contributed by atoms with Crippen LogP contribution in [0.15, 0.2) is 24.3 Å². The van der Waals surface area contributed by atoms with Crippen molar-refractivity contribution in [2.24, 2.45) is 5.73 Å². The minimum absolute atomic E-state index is 0.105. The molecule has 0 aliphatic heterocycles. The van der Waals surface area contributed by atoms with Gasteiger partial charge in [-0.15, -0.1) is 0 Å². The number of nitrogens with one attached hydrogen (secondary N) is 1. The smallest absolute Gasteiger partial charge is 0.0681 e. The number of hydrogen-bond acceptors (Lipinski definition) is 3. The van der Waals surface area contributed by atoms with Crippen molar-refractivity contribution < 1.29 is 5.11 Å². The van der Waals surface area contributed by atoms with Crippen LogP contribution in [-0.2, 0) is 6.61 Å². The summed E-state index contributed by atoms with van der Waals surface area (Å²) in [5, 5.41) is 12.1. The molecule has 0 atom stereocenters. The maximum atomic E-state index is 8.84. The number of aliphatic hydroxyl groups is 1. The van der Waals surface area contributed by atoms with Crippen molar-refractivity contribution in [2.45, 2.75) is 19.4 Å². The first kappa shape index (κ1) is 11.0. The third kappa shape index (κ3) is 3.77. The van der Waals surface area contributed by atoms with E-state index in [1.807, 2.05) is 24.3 Å². The molecule has 0 unspecified atom stereocenters. The van der Waals surface area contributed by atoms with Crippen LogP contribution < -0.4 is 11.1 Å². The fourth-order valence-electron chi connectivity index (χ4n) is 1.23. The van der Waals surface area contributed by atoms with E-state index in [0.717, 1.165) is 37.2 Å². The topological polar surface area (TPSA) is 58.3 Å². The highest BCUT2D eigenvalue weighted by molar-refractivity contribution is 5.44. The molecule has 0 radical (unpaired) electrons. The summed E-state index contributed by atoms with van der Waals surface area (Å²) in [4.78, 5) is 0. The van der Waals surface area contributed by atoms with Crippen LogP contribution in [0.5, 0.6) is 0 Å². The molecule has 1 aromatic carbocycles. The van der Waals surface area contributed by atoms with Crippen molar-refractivity contribution >= 4 is 5.69 Å². The van der Waals surface area contributed by atoms with Gasteiger partial charge in [0.1, 0.15) is 0 Å². The Bertz CT molecular complexity index is 246. The number of hydrogen-bond donors (Lipinski definition) is 3. The van der Waals surface area contributed by atoms with Crippen LogP contribution in [0.25, 0.3) is 0 Å². The summed E-state index contributed by atoms with van der Waals surface area (Å²) in [6.07, 6.45) is 2.15. The Kier molecular flexibility index (Phi) is 5.04. The third-order valence-corrected chi connectivity index (χ3v) is 2.10. The molecule has 1 rings (SSSR count). The van der Waals surface area contributed by atoms with Gasteiger partial charge >= 0.3 is 0 Å². The Morgan fingerprint density at radius 3 is 2.43 bits per heavy atom. The van der Waals surface area contributed by atoms with Gasteiger partial charge in [-0.25, -0.2) is 0 Å². The fourth-order valence-corrected chi connectivity index (χ4v) is 1.23. The molecule has 0 aliphatic rings. The second kappa shape index (κ2) is 6.40. The highest BCUT2D eigenvalue weighted by Gasteiger charge is 1.92. The van der Waals surface area contributed by atoms with Crippen molar-refractivity contribution in [1.29, 1.82) is 0 Å². The Hall–Kier alpha value is -1.06. The van der Waals surface area contributed by atoms with E-state index in [1.54, 1.807) is 0 Å². The standard InChI is InChI=1S/C11H18N2O/c12-7-1-2-8-13-11-5-3-10(9-14)4-6-11/h3-6,13-14H,1-2,7-9,12H2. The van der Waals surface area contributed by atoms with Gasteiger partial charge in [-0.05, 0) is 37.1 Å². The van der Waals surface area contributed by atoms with Gasteiger partial charge in [0.25, 0.3) is 0 Å². The summed E-state index contributed by atoms with van der Waals surface area (Å²) in [5.41, 5.74) is 7.43. The van der Waals surface area contributed by atoms with Crippen molar-refractivity contribution in [1.82, 2.24) is 0 Å². The van der Waals surface area contributed by atoms with Crippen LogP contribution in [-0.4, -0.2) is 18.2 Å². The zero-order chi connectivity index (χ0) is 10.2. The van der Waals surface area contributed by atoms with E-state index in [2.05, 4.69) is 5.32 Å². The number of aliphatic hydroxyl groups excluding tert-OH is 1. The first-order chi connectivity index (χ1) is 6.86. The molecule has 14 heavy (non-hydrogen) atoms. The quantitative estimate of drug-likeness (QED) is 0.599. The summed E-state index contributed by atoms with van der Waals surface area (Å²) in [7, 11) is 0. The predicted molar refractivity (Wildman–Crippen MR) is 59.1 cm³/mol. The molecule has 0 saturated carbocycles. The summed E-state index contributed by atoms with van der Waals surface area (Å²) in [6.45, 7) is 1.81. The third-order valence-electron chi connectivity index (χ3n) is 2.10. The molecule has 0 aromatic heterocycles. The molecular weight excluding hydrogens is 176 g/mol. The van der Waals surface area contributed by atoms with E-state index in [-0.39, 0.29) is 6.61 Å². The normalized spacial score (nSPS) is 10.1. The van der Waals surface area contributed by atoms with Crippen molar-refractivity contribution in [3.63, 3.8) is 0 Å². The van der Waals surface area contributed by atoms with Crippen LogP contribution in [0, 0.1) is 0 Å². The van der Waals surface area contributed by atoms with E-state index in [9.17, 15) is 0 Å². The Balaban J connectivity index is 2.29. The Labute approximate surface area is 84.9 Å². The lowest BCUT2D eigenvalue weighted by atomic mass is 10.2. The molecule has 3 nitrogen and oxygen atoms in total. The first-order valence-electron chi connectivity index (χ1n) is 5.00. The van der Waals surface area contributed by atoms with Crippen molar-refractivity contribution in [3.05, 3.63) is 29.8 Å². The second-order valence-electron chi connectivity index (χ2n) is 3.28. The van der Waals surface area contributed by atoms with Gasteiger partial charge in [0.15, 0.2) is 0 Å². The molecule has 78 valence electrons. The number of unbranched alkanes of at least 4 members (excludes halogenated alkanes) is 1. The van der Waals surface area contributed by atoms with E-state index < -0.39 is 0 Å². The minimum Gasteiger partial charge on any atom is -0.392 e. The van der Waals surface area contributed by atoms with E-state index >= 15 is 0 Å². The van der Waals surface area contributed by atoms with Gasteiger partial charge in [-0.3, -0.25) is 0 Å². The van der Waals surface area contributed by atoms with Gasteiger partial charge in [-0.1, -0.05) is 12.1 Å². The maximum Gasteiger partial charge on any atom is 0.0681 e. The molecule has 1 aromatic rings. The van der Waals surface area contributed by atoms with Crippen LogP contribution in [0.4, 0.5) is 5.69 Å². The molecule has 0 saturated heterocycles. The summed E-state index contributed by atoms with van der Waals surface area (Å²) in [6, 6.07) is 7.80. The summed E-state index contributed by atoms with van der Waals surface area (Å²) >= 11 is 0. The highest BCUT2D eigenvalue weighted by Crippen LogP contribution is 2.09. The zero-order valence-corrected chi connectivity index (χ0v) is 8.37. The molecule has 0 fully saturated rings. The average Bonchev–Trinajstić information content (AvgIpc) is 2.25. The Morgan fingerprint density at radius 2 is 1.86 bits per heavy atom. The van der Waals surface area contributed by atoms with E-state index in [4.69, 9.17) is 10.8 Å². The van der Waals surface area contributed by atoms with Gasteiger partial charge in [0.2, 0.25) is 0 Å². The fraction of sp³-hybridized carbons (Fsp3) is 0.455. The molecule has 0 amide bonds. The lowest BCUT2D eigenvalue weighted by Crippen LogP contribution is -2.05. The monoisotopic (exact) mass is 194 g/mol. The number of rotatable bonds is 6. The van der Waals surface area contributed by atoms with Gasteiger partial charge in [0.05, 0.1) is 6.61 Å².